The van der Waals surface area contributed by atoms with E-state index in [1.807, 2.05) is 25.1 Å². The van der Waals surface area contributed by atoms with Crippen LogP contribution in [0.3, 0.4) is 0 Å². The Hall–Kier alpha value is -3.48. The lowest BCUT2D eigenvalue weighted by atomic mass is 9.93. The van der Waals surface area contributed by atoms with Crippen LogP contribution in [0.5, 0.6) is 17.2 Å². The maximum absolute atomic E-state index is 11.6. The lowest BCUT2D eigenvalue weighted by Crippen LogP contribution is -2.10. The van der Waals surface area contributed by atoms with Crippen LogP contribution in [0.1, 0.15) is 34.7 Å². The average molecular weight is 378 g/mol. The van der Waals surface area contributed by atoms with Crippen LogP contribution in [0, 0.1) is 13.8 Å². The van der Waals surface area contributed by atoms with Crippen molar-refractivity contribution in [2.24, 2.45) is 5.10 Å². The van der Waals surface area contributed by atoms with Gasteiger partial charge in [0.2, 0.25) is 6.79 Å². The fourth-order valence-electron chi connectivity index (χ4n) is 3.90. The average Bonchev–Trinajstić information content (AvgIpc) is 3.29. The highest BCUT2D eigenvalue weighted by Gasteiger charge is 2.27. The summed E-state index contributed by atoms with van der Waals surface area (Å²) in [5.41, 5.74) is 7.01. The second kappa shape index (κ2) is 6.02. The Balaban J connectivity index is 1.52. The first-order chi connectivity index (χ1) is 13.5. The Kier molecular flexibility index (Phi) is 3.58. The van der Waals surface area contributed by atoms with Crippen LogP contribution >= 0.6 is 0 Å². The molecule has 142 valence electrons. The van der Waals surface area contributed by atoms with Gasteiger partial charge in [-0.25, -0.2) is 4.79 Å². The zero-order valence-corrected chi connectivity index (χ0v) is 15.4. The van der Waals surface area contributed by atoms with Crippen molar-refractivity contribution in [2.45, 2.75) is 26.3 Å². The summed E-state index contributed by atoms with van der Waals surface area (Å²) in [5, 5.41) is 16.0. The Morgan fingerprint density at radius 3 is 2.79 bits per heavy atom. The molecule has 0 aliphatic carbocycles. The summed E-state index contributed by atoms with van der Waals surface area (Å²) < 4.78 is 16.1. The second-order valence-corrected chi connectivity index (χ2v) is 7.10. The number of hydrogen-bond acceptors (Lipinski definition) is 7. The smallest absolute Gasteiger partial charge is 0.336 e. The minimum Gasteiger partial charge on any atom is -0.506 e. The molecule has 0 amide bonds. The third-order valence-electron chi connectivity index (χ3n) is 5.24. The van der Waals surface area contributed by atoms with Crippen molar-refractivity contribution in [3.05, 3.63) is 63.0 Å². The molecule has 0 spiro atoms. The number of nitrogens with zero attached hydrogens (tertiary/aromatic N) is 1. The Morgan fingerprint density at radius 1 is 1.11 bits per heavy atom. The van der Waals surface area contributed by atoms with E-state index in [0.29, 0.717) is 28.5 Å². The van der Waals surface area contributed by atoms with Crippen LogP contribution < -0.4 is 20.5 Å². The predicted octanol–water partition coefficient (Wildman–Crippen LogP) is 3.28. The van der Waals surface area contributed by atoms with Crippen molar-refractivity contribution in [2.75, 3.05) is 6.79 Å². The number of ether oxygens (including phenoxy) is 2. The van der Waals surface area contributed by atoms with Gasteiger partial charge >= 0.3 is 5.63 Å². The van der Waals surface area contributed by atoms with Gasteiger partial charge in [-0.05, 0) is 48.7 Å². The molecule has 2 N–H and O–H groups in total. The molecule has 3 aromatic rings. The molecule has 2 aromatic carbocycles. The minimum atomic E-state index is -0.431. The van der Waals surface area contributed by atoms with Gasteiger partial charge in [-0.3, -0.25) is 0 Å². The number of aryl methyl sites for hydroxylation is 2. The summed E-state index contributed by atoms with van der Waals surface area (Å²) in [6, 6.07) is 8.94. The molecule has 1 aromatic heterocycles. The first-order valence-corrected chi connectivity index (χ1v) is 9.00. The maximum atomic E-state index is 11.6. The number of rotatable bonds is 2. The molecule has 5 rings (SSSR count). The van der Waals surface area contributed by atoms with E-state index in [1.165, 1.54) is 6.07 Å². The van der Waals surface area contributed by atoms with E-state index < -0.39 is 5.63 Å². The van der Waals surface area contributed by atoms with Crippen LogP contribution in [0.25, 0.3) is 11.0 Å². The summed E-state index contributed by atoms with van der Waals surface area (Å²) in [5.74, 6) is 1.55. The third-order valence-corrected chi connectivity index (χ3v) is 5.24. The number of nitrogens with one attached hydrogen (secondary N) is 1. The normalized spacial score (nSPS) is 17.6. The Bertz CT molecular complexity index is 1210. The van der Waals surface area contributed by atoms with Gasteiger partial charge < -0.3 is 24.4 Å². The molecular formula is C21H18N2O5. The topological polar surface area (TPSA) is 93.3 Å². The van der Waals surface area contributed by atoms with Gasteiger partial charge in [0.15, 0.2) is 11.5 Å². The van der Waals surface area contributed by atoms with Gasteiger partial charge in [-0.2, -0.15) is 5.10 Å². The molecule has 7 heteroatoms. The highest BCUT2D eigenvalue weighted by Crippen LogP contribution is 2.39. The molecule has 0 bridgehead atoms. The first kappa shape index (κ1) is 16.7. The molecule has 1 atom stereocenters. The standard InChI is InChI=1S/C21H18N2O5/c1-10-5-17-20(11(2)6-18(24)28-17)21(25)19(10)14-8-13(22-23-14)12-3-4-15-16(7-12)27-9-26-15/h3-7,13,22,25H,8-9H2,1-2H3. The van der Waals surface area contributed by atoms with Crippen molar-refractivity contribution in [1.82, 2.24) is 5.43 Å². The number of aromatic hydroxyl groups is 1. The van der Waals surface area contributed by atoms with Crippen molar-refractivity contribution in [3.63, 3.8) is 0 Å². The molecule has 1 unspecified atom stereocenters. The molecule has 0 saturated carbocycles. The fourth-order valence-corrected chi connectivity index (χ4v) is 3.90. The summed E-state index contributed by atoms with van der Waals surface area (Å²) in [6.45, 7) is 3.88. The predicted molar refractivity (Wildman–Crippen MR) is 103 cm³/mol. The lowest BCUT2D eigenvalue weighted by Gasteiger charge is -2.13. The van der Waals surface area contributed by atoms with Gasteiger partial charge in [0, 0.05) is 18.1 Å². The Labute approximate surface area is 160 Å². The van der Waals surface area contributed by atoms with Crippen LogP contribution in [-0.2, 0) is 0 Å². The number of phenolic OH excluding ortho intramolecular Hbond substituents is 1. The third kappa shape index (κ3) is 2.51. The van der Waals surface area contributed by atoms with Crippen LogP contribution in [0.2, 0.25) is 0 Å². The lowest BCUT2D eigenvalue weighted by molar-refractivity contribution is 0.174. The zero-order chi connectivity index (χ0) is 19.4. The summed E-state index contributed by atoms with van der Waals surface area (Å²) in [4.78, 5) is 11.6. The van der Waals surface area contributed by atoms with Gasteiger partial charge in [-0.15, -0.1) is 0 Å². The van der Waals surface area contributed by atoms with E-state index in [0.717, 1.165) is 28.3 Å². The van der Waals surface area contributed by atoms with Crippen molar-refractivity contribution < 1.29 is 19.0 Å². The molecule has 3 heterocycles. The van der Waals surface area contributed by atoms with E-state index in [9.17, 15) is 9.90 Å². The van der Waals surface area contributed by atoms with Crippen molar-refractivity contribution in [3.8, 4) is 17.2 Å². The van der Waals surface area contributed by atoms with Gasteiger partial charge in [0.05, 0.1) is 17.1 Å². The van der Waals surface area contributed by atoms with E-state index in [-0.39, 0.29) is 18.6 Å². The zero-order valence-electron chi connectivity index (χ0n) is 15.4. The molecule has 2 aliphatic rings. The van der Waals surface area contributed by atoms with Crippen LogP contribution in [0.4, 0.5) is 0 Å². The number of hydrogen-bond donors (Lipinski definition) is 2. The quantitative estimate of drug-likeness (QED) is 0.665. The van der Waals surface area contributed by atoms with E-state index in [1.54, 1.807) is 13.0 Å². The number of benzene rings is 2. The minimum absolute atomic E-state index is 0.0335. The van der Waals surface area contributed by atoms with Crippen LogP contribution in [0.15, 0.2) is 44.6 Å². The molecule has 0 radical (unpaired) electrons. The molecule has 2 aliphatic heterocycles. The van der Waals surface area contributed by atoms with E-state index in [2.05, 4.69) is 10.5 Å². The second-order valence-electron chi connectivity index (χ2n) is 7.10. The fraction of sp³-hybridized carbons (Fsp3) is 0.238. The monoisotopic (exact) mass is 378 g/mol. The maximum Gasteiger partial charge on any atom is 0.336 e. The molecule has 0 fully saturated rings. The number of fused-ring (bicyclic) bond motifs is 2. The highest BCUT2D eigenvalue weighted by molar-refractivity contribution is 6.09. The molecule has 7 nitrogen and oxygen atoms in total. The van der Waals surface area contributed by atoms with Gasteiger partial charge in [0.25, 0.3) is 0 Å². The summed E-state index contributed by atoms with van der Waals surface area (Å²) in [7, 11) is 0. The van der Waals surface area contributed by atoms with Crippen molar-refractivity contribution >= 4 is 16.7 Å². The first-order valence-electron chi connectivity index (χ1n) is 9.00. The molecule has 28 heavy (non-hydrogen) atoms. The van der Waals surface area contributed by atoms with Crippen LogP contribution in [-0.4, -0.2) is 17.6 Å². The number of phenols is 1. The SMILES string of the molecule is Cc1cc2oc(=O)cc(C)c2c(O)c1C1=NNC(c2ccc3c(c2)OCO3)C1. The van der Waals surface area contributed by atoms with Crippen molar-refractivity contribution in [1.29, 1.82) is 0 Å². The Morgan fingerprint density at radius 2 is 1.93 bits per heavy atom. The van der Waals surface area contributed by atoms with E-state index in [4.69, 9.17) is 13.9 Å². The highest BCUT2D eigenvalue weighted by atomic mass is 16.7. The molecule has 0 saturated heterocycles. The molecular weight excluding hydrogens is 360 g/mol. The summed E-state index contributed by atoms with van der Waals surface area (Å²) in [6.07, 6.45) is 0.607. The summed E-state index contributed by atoms with van der Waals surface area (Å²) >= 11 is 0. The number of hydrazone groups is 1. The van der Waals surface area contributed by atoms with Gasteiger partial charge in [-0.1, -0.05) is 6.07 Å². The van der Waals surface area contributed by atoms with E-state index >= 15 is 0 Å². The van der Waals surface area contributed by atoms with Gasteiger partial charge in [0.1, 0.15) is 11.3 Å². The largest absolute Gasteiger partial charge is 0.506 e.